The molecule has 1 heterocycles. The third kappa shape index (κ3) is 2.91. The molecule has 0 amide bonds. The molecule has 0 aliphatic heterocycles. The predicted molar refractivity (Wildman–Crippen MR) is 75.0 cm³/mol. The first-order chi connectivity index (χ1) is 9.55. The number of anilines is 3. The molecule has 0 saturated heterocycles. The molecule has 106 valence electrons. The lowest BCUT2D eigenvalue weighted by Gasteiger charge is -2.11. The van der Waals surface area contributed by atoms with Crippen LogP contribution < -0.4 is 15.4 Å². The minimum atomic E-state index is -0.819. The van der Waals surface area contributed by atoms with Crippen LogP contribution in [0.25, 0.3) is 0 Å². The molecule has 2 rings (SSSR count). The number of pyridine rings is 1. The summed E-state index contributed by atoms with van der Waals surface area (Å²) in [4.78, 5) is 3.81. The zero-order valence-corrected chi connectivity index (χ0v) is 11.6. The molecule has 0 spiro atoms. The number of nitrogens with one attached hydrogen (secondary N) is 2. The van der Waals surface area contributed by atoms with Gasteiger partial charge in [0.2, 0.25) is 0 Å². The molecule has 7 heteroatoms. The number of ether oxygens (including phenoxy) is 1. The van der Waals surface area contributed by atoms with Gasteiger partial charge in [0.1, 0.15) is 5.75 Å². The summed E-state index contributed by atoms with van der Waals surface area (Å²) in [5.41, 5.74) is 0.408. The molecule has 0 atom stereocenters. The summed E-state index contributed by atoms with van der Waals surface area (Å²) in [6, 6.07) is 5.60. The van der Waals surface area contributed by atoms with E-state index in [-0.39, 0.29) is 11.6 Å². The quantitative estimate of drug-likeness (QED) is 0.901. The molecular formula is C13H12ClF2N3O. The van der Waals surface area contributed by atoms with Gasteiger partial charge in [0.25, 0.3) is 0 Å². The monoisotopic (exact) mass is 299 g/mol. The summed E-state index contributed by atoms with van der Waals surface area (Å²) < 4.78 is 32.1. The van der Waals surface area contributed by atoms with Crippen LogP contribution in [0.4, 0.5) is 26.1 Å². The van der Waals surface area contributed by atoms with E-state index in [4.69, 9.17) is 16.3 Å². The molecule has 1 aromatic heterocycles. The Morgan fingerprint density at radius 2 is 1.85 bits per heavy atom. The first-order valence-electron chi connectivity index (χ1n) is 5.69. The Labute approximate surface area is 119 Å². The van der Waals surface area contributed by atoms with Crippen LogP contribution >= 0.6 is 11.6 Å². The van der Waals surface area contributed by atoms with Crippen molar-refractivity contribution in [3.8, 4) is 5.75 Å². The van der Waals surface area contributed by atoms with Crippen LogP contribution in [0.15, 0.2) is 24.3 Å². The van der Waals surface area contributed by atoms with Crippen molar-refractivity contribution in [1.82, 2.24) is 4.98 Å². The maximum Gasteiger partial charge on any atom is 0.169 e. The fourth-order valence-corrected chi connectivity index (χ4v) is 1.75. The second kappa shape index (κ2) is 5.92. The van der Waals surface area contributed by atoms with Crippen LogP contribution in [0.1, 0.15) is 0 Å². The van der Waals surface area contributed by atoms with Gasteiger partial charge in [-0.2, -0.15) is 0 Å². The minimum absolute atomic E-state index is 0.0621. The van der Waals surface area contributed by atoms with Gasteiger partial charge in [0, 0.05) is 19.2 Å². The van der Waals surface area contributed by atoms with Crippen LogP contribution in [0.5, 0.6) is 5.75 Å². The highest BCUT2D eigenvalue weighted by atomic mass is 35.5. The van der Waals surface area contributed by atoms with Gasteiger partial charge in [-0.1, -0.05) is 11.6 Å². The summed E-state index contributed by atoms with van der Waals surface area (Å²) >= 11 is 6.00. The van der Waals surface area contributed by atoms with Crippen molar-refractivity contribution in [3.63, 3.8) is 0 Å². The van der Waals surface area contributed by atoms with Crippen molar-refractivity contribution < 1.29 is 13.5 Å². The first kappa shape index (κ1) is 14.3. The van der Waals surface area contributed by atoms with Crippen LogP contribution in [0.2, 0.25) is 5.02 Å². The number of halogens is 3. The average molecular weight is 300 g/mol. The molecule has 20 heavy (non-hydrogen) atoms. The van der Waals surface area contributed by atoms with E-state index in [1.807, 2.05) is 0 Å². The van der Waals surface area contributed by atoms with E-state index < -0.39 is 11.6 Å². The van der Waals surface area contributed by atoms with Crippen molar-refractivity contribution in [2.75, 3.05) is 24.8 Å². The second-order valence-electron chi connectivity index (χ2n) is 3.87. The Balaban J connectivity index is 2.39. The van der Waals surface area contributed by atoms with Crippen molar-refractivity contribution >= 4 is 28.9 Å². The van der Waals surface area contributed by atoms with Crippen molar-refractivity contribution in [2.24, 2.45) is 0 Å². The first-order valence-corrected chi connectivity index (χ1v) is 6.07. The van der Waals surface area contributed by atoms with E-state index in [9.17, 15) is 8.78 Å². The van der Waals surface area contributed by atoms with Gasteiger partial charge in [0.05, 0.1) is 17.8 Å². The number of nitrogens with zero attached hydrogens (tertiary/aromatic N) is 1. The van der Waals surface area contributed by atoms with E-state index in [1.54, 1.807) is 18.2 Å². The predicted octanol–water partition coefficient (Wildman–Crippen LogP) is 3.81. The average Bonchev–Trinajstić information content (AvgIpc) is 2.44. The SMILES string of the molecule is CNc1nc(Nc2cc(OC)ccc2Cl)c(F)cc1F. The van der Waals surface area contributed by atoms with Crippen molar-refractivity contribution in [1.29, 1.82) is 0 Å². The molecule has 0 bridgehead atoms. The van der Waals surface area contributed by atoms with E-state index in [1.165, 1.54) is 14.2 Å². The van der Waals surface area contributed by atoms with Gasteiger partial charge in [-0.05, 0) is 12.1 Å². The summed E-state index contributed by atoms with van der Waals surface area (Å²) in [5.74, 6) is -1.24. The number of hydrogen-bond acceptors (Lipinski definition) is 4. The Morgan fingerprint density at radius 1 is 1.15 bits per heavy atom. The fourth-order valence-electron chi connectivity index (χ4n) is 1.58. The zero-order valence-electron chi connectivity index (χ0n) is 10.8. The summed E-state index contributed by atoms with van der Waals surface area (Å²) in [6.07, 6.45) is 0. The molecular weight excluding hydrogens is 288 g/mol. The fraction of sp³-hybridized carbons (Fsp3) is 0.154. The third-order valence-corrected chi connectivity index (χ3v) is 2.92. The minimum Gasteiger partial charge on any atom is -0.497 e. The lowest BCUT2D eigenvalue weighted by Crippen LogP contribution is -2.04. The van der Waals surface area contributed by atoms with E-state index in [0.717, 1.165) is 6.07 Å². The summed E-state index contributed by atoms with van der Waals surface area (Å²) in [7, 11) is 2.99. The highest BCUT2D eigenvalue weighted by molar-refractivity contribution is 6.33. The number of benzene rings is 1. The molecule has 0 fully saturated rings. The van der Waals surface area contributed by atoms with Crippen molar-refractivity contribution in [3.05, 3.63) is 40.9 Å². The van der Waals surface area contributed by atoms with Gasteiger partial charge in [0.15, 0.2) is 23.3 Å². The molecule has 2 N–H and O–H groups in total. The maximum absolute atomic E-state index is 13.7. The standard InChI is InChI=1S/C13H12ClF2N3O/c1-17-12-9(15)6-10(16)13(19-12)18-11-5-7(20-2)3-4-8(11)14/h3-6H,1-2H3,(H2,17,18,19). The zero-order chi connectivity index (χ0) is 14.7. The lowest BCUT2D eigenvalue weighted by molar-refractivity contribution is 0.415. The molecule has 0 aliphatic rings. The molecule has 0 aliphatic carbocycles. The Bertz CT molecular complexity index is 637. The van der Waals surface area contributed by atoms with E-state index >= 15 is 0 Å². The van der Waals surface area contributed by atoms with E-state index in [2.05, 4.69) is 15.6 Å². The van der Waals surface area contributed by atoms with Crippen LogP contribution in [-0.2, 0) is 0 Å². The molecule has 0 unspecified atom stereocenters. The van der Waals surface area contributed by atoms with Gasteiger partial charge in [-0.25, -0.2) is 13.8 Å². The molecule has 0 saturated carbocycles. The number of aromatic nitrogens is 1. The molecule has 4 nitrogen and oxygen atoms in total. The molecule has 1 aromatic carbocycles. The highest BCUT2D eigenvalue weighted by Gasteiger charge is 2.12. The molecule has 0 radical (unpaired) electrons. The summed E-state index contributed by atoms with van der Waals surface area (Å²) in [5, 5.41) is 5.61. The molecule has 2 aromatic rings. The number of hydrogen-bond donors (Lipinski definition) is 2. The largest absolute Gasteiger partial charge is 0.497 e. The van der Waals surface area contributed by atoms with Gasteiger partial charge in [-0.3, -0.25) is 0 Å². The maximum atomic E-state index is 13.7. The topological polar surface area (TPSA) is 46.2 Å². The van der Waals surface area contributed by atoms with Crippen LogP contribution in [0.3, 0.4) is 0 Å². The van der Waals surface area contributed by atoms with E-state index in [0.29, 0.717) is 16.5 Å². The normalized spacial score (nSPS) is 10.2. The van der Waals surface area contributed by atoms with Gasteiger partial charge < -0.3 is 15.4 Å². The number of methoxy groups -OCH3 is 1. The smallest absolute Gasteiger partial charge is 0.169 e. The Kier molecular flexibility index (Phi) is 4.24. The number of rotatable bonds is 4. The van der Waals surface area contributed by atoms with Gasteiger partial charge >= 0.3 is 0 Å². The third-order valence-electron chi connectivity index (χ3n) is 2.59. The lowest BCUT2D eigenvalue weighted by atomic mass is 10.3. The Morgan fingerprint density at radius 3 is 2.50 bits per heavy atom. The van der Waals surface area contributed by atoms with Gasteiger partial charge in [-0.15, -0.1) is 0 Å². The highest BCUT2D eigenvalue weighted by Crippen LogP contribution is 2.30. The van der Waals surface area contributed by atoms with Crippen LogP contribution in [-0.4, -0.2) is 19.1 Å². The summed E-state index contributed by atoms with van der Waals surface area (Å²) in [6.45, 7) is 0. The Hall–Kier alpha value is -2.08. The van der Waals surface area contributed by atoms with Crippen LogP contribution in [0, 0.1) is 11.6 Å². The van der Waals surface area contributed by atoms with Crippen molar-refractivity contribution in [2.45, 2.75) is 0 Å². The second-order valence-corrected chi connectivity index (χ2v) is 4.28.